The molecule has 4 nitrogen and oxygen atoms in total. The van der Waals surface area contributed by atoms with Gasteiger partial charge < -0.3 is 9.47 Å². The Morgan fingerprint density at radius 3 is 3.17 bits per heavy atom. The summed E-state index contributed by atoms with van der Waals surface area (Å²) in [5.74, 6) is -0.257. The molecule has 0 radical (unpaired) electrons. The van der Waals surface area contributed by atoms with Crippen LogP contribution < -0.4 is 0 Å². The third-order valence-electron chi connectivity index (χ3n) is 1.66. The minimum atomic E-state index is -0.345. The van der Waals surface area contributed by atoms with Crippen LogP contribution in [0.4, 0.5) is 0 Å². The van der Waals surface area contributed by atoms with Crippen molar-refractivity contribution >= 4 is 18.8 Å². The van der Waals surface area contributed by atoms with Crippen LogP contribution in [0.2, 0.25) is 0 Å². The van der Waals surface area contributed by atoms with E-state index in [4.69, 9.17) is 9.47 Å². The molecular weight excluding hydrogens is 178 g/mol. The highest BCUT2D eigenvalue weighted by Crippen LogP contribution is 2.10. The molecule has 1 atom stereocenters. The normalized spacial score (nSPS) is 25.3. The van der Waals surface area contributed by atoms with E-state index in [1.54, 1.807) is 11.2 Å². The maximum Gasteiger partial charge on any atom is 0.326 e. The van der Waals surface area contributed by atoms with E-state index in [-0.39, 0.29) is 12.0 Å². The fourth-order valence-corrected chi connectivity index (χ4v) is 1.27. The zero-order chi connectivity index (χ0) is 8.97. The van der Waals surface area contributed by atoms with Crippen molar-refractivity contribution in [3.63, 3.8) is 0 Å². The topological polar surface area (TPSA) is 38.8 Å². The molecule has 1 aliphatic heterocycles. The number of carbonyl (C=O) groups excluding carboxylic acids is 1. The maximum atomic E-state index is 11.2. The Kier molecular flexibility index (Phi) is 3.84. The van der Waals surface area contributed by atoms with Crippen LogP contribution >= 0.6 is 12.8 Å². The lowest BCUT2D eigenvalue weighted by Crippen LogP contribution is -2.45. The number of hydrogen-bond acceptors (Lipinski definition) is 5. The van der Waals surface area contributed by atoms with Gasteiger partial charge in [-0.15, -0.1) is 0 Å². The second-order valence-electron chi connectivity index (χ2n) is 2.51. The fraction of sp³-hybridized carbons (Fsp3) is 0.857. The Bertz CT molecular complexity index is 165. The van der Waals surface area contributed by atoms with Crippen molar-refractivity contribution in [3.05, 3.63) is 0 Å². The summed E-state index contributed by atoms with van der Waals surface area (Å²) in [6, 6.07) is -0.345. The van der Waals surface area contributed by atoms with Crippen LogP contribution in [0.3, 0.4) is 0 Å². The molecule has 0 unspecified atom stereocenters. The number of carbonyl (C=O) groups is 1. The molecule has 1 heterocycles. The summed E-state index contributed by atoms with van der Waals surface area (Å²) < 4.78 is 11.6. The average molecular weight is 191 g/mol. The van der Waals surface area contributed by atoms with E-state index >= 15 is 0 Å². The van der Waals surface area contributed by atoms with E-state index in [0.29, 0.717) is 26.4 Å². The number of morpholine rings is 1. The lowest BCUT2D eigenvalue weighted by atomic mass is 10.3. The highest BCUT2D eigenvalue weighted by atomic mass is 32.1. The number of esters is 1. The molecule has 0 aromatic heterocycles. The van der Waals surface area contributed by atoms with Gasteiger partial charge in [-0.2, -0.15) is 0 Å². The highest BCUT2D eigenvalue weighted by Gasteiger charge is 2.28. The monoisotopic (exact) mass is 191 g/mol. The quantitative estimate of drug-likeness (QED) is 0.496. The van der Waals surface area contributed by atoms with E-state index in [1.807, 2.05) is 0 Å². The van der Waals surface area contributed by atoms with E-state index in [9.17, 15) is 4.79 Å². The van der Waals surface area contributed by atoms with Crippen molar-refractivity contribution in [2.24, 2.45) is 0 Å². The molecule has 5 heteroatoms. The lowest BCUT2D eigenvalue weighted by molar-refractivity contribution is -0.151. The van der Waals surface area contributed by atoms with Gasteiger partial charge in [0.05, 0.1) is 19.8 Å². The summed E-state index contributed by atoms with van der Waals surface area (Å²) in [6.45, 7) is 3.84. The number of hydrogen-bond donors (Lipinski definition) is 1. The van der Waals surface area contributed by atoms with Gasteiger partial charge >= 0.3 is 5.97 Å². The first-order valence-corrected chi connectivity index (χ1v) is 4.35. The van der Waals surface area contributed by atoms with Crippen LogP contribution in [0.25, 0.3) is 0 Å². The Morgan fingerprint density at radius 2 is 2.58 bits per heavy atom. The minimum Gasteiger partial charge on any atom is -0.465 e. The Balaban J connectivity index is 2.42. The first kappa shape index (κ1) is 9.83. The Hall–Kier alpha value is -0.260. The molecule has 1 saturated heterocycles. The van der Waals surface area contributed by atoms with Gasteiger partial charge in [-0.3, -0.25) is 4.79 Å². The Morgan fingerprint density at radius 1 is 1.83 bits per heavy atom. The summed E-state index contributed by atoms with van der Waals surface area (Å²) in [6.07, 6.45) is 0. The Labute approximate surface area is 77.4 Å². The lowest BCUT2D eigenvalue weighted by Gasteiger charge is -2.28. The van der Waals surface area contributed by atoms with Crippen molar-refractivity contribution < 1.29 is 14.3 Å². The van der Waals surface area contributed by atoms with Gasteiger partial charge in [-0.25, -0.2) is 4.31 Å². The molecule has 0 amide bonds. The van der Waals surface area contributed by atoms with Crippen molar-refractivity contribution in [3.8, 4) is 0 Å². The molecule has 0 aromatic rings. The van der Waals surface area contributed by atoms with Gasteiger partial charge in [0, 0.05) is 6.54 Å². The first-order chi connectivity index (χ1) is 5.75. The average Bonchev–Trinajstić information content (AvgIpc) is 2.05. The van der Waals surface area contributed by atoms with Crippen molar-refractivity contribution in [1.29, 1.82) is 0 Å². The largest absolute Gasteiger partial charge is 0.465 e. The number of nitrogens with zero attached hydrogens (tertiary/aromatic N) is 1. The van der Waals surface area contributed by atoms with Crippen LogP contribution in [-0.2, 0) is 14.3 Å². The van der Waals surface area contributed by atoms with Crippen LogP contribution in [0.5, 0.6) is 0 Å². The minimum absolute atomic E-state index is 0.257. The van der Waals surface area contributed by atoms with Crippen LogP contribution in [0.1, 0.15) is 6.92 Å². The van der Waals surface area contributed by atoms with E-state index in [0.717, 1.165) is 0 Å². The molecule has 0 bridgehead atoms. The summed E-state index contributed by atoms with van der Waals surface area (Å²) >= 11 is 4.14. The number of rotatable bonds is 2. The summed E-state index contributed by atoms with van der Waals surface area (Å²) in [4.78, 5) is 11.2. The molecule has 70 valence electrons. The zero-order valence-electron chi connectivity index (χ0n) is 7.02. The van der Waals surface area contributed by atoms with Crippen molar-refractivity contribution in [2.75, 3.05) is 26.4 Å². The summed E-state index contributed by atoms with van der Waals surface area (Å²) in [7, 11) is 0. The molecule has 0 spiro atoms. The predicted molar refractivity (Wildman–Crippen MR) is 46.9 cm³/mol. The van der Waals surface area contributed by atoms with Gasteiger partial charge in [-0.1, -0.05) is 12.8 Å². The van der Waals surface area contributed by atoms with Crippen LogP contribution in [0.15, 0.2) is 0 Å². The maximum absolute atomic E-state index is 11.2. The fourth-order valence-electron chi connectivity index (χ4n) is 1.02. The molecule has 0 aliphatic carbocycles. The number of ether oxygens (including phenoxy) is 2. The zero-order valence-corrected chi connectivity index (χ0v) is 7.92. The molecule has 1 aliphatic rings. The molecule has 0 aromatic carbocycles. The predicted octanol–water partition coefficient (Wildman–Crippen LogP) is 0.0951. The van der Waals surface area contributed by atoms with Crippen LogP contribution in [-0.4, -0.2) is 42.7 Å². The second-order valence-corrected chi connectivity index (χ2v) is 3.02. The van der Waals surface area contributed by atoms with Crippen molar-refractivity contribution in [2.45, 2.75) is 13.0 Å². The van der Waals surface area contributed by atoms with E-state index in [1.165, 1.54) is 0 Å². The van der Waals surface area contributed by atoms with Crippen molar-refractivity contribution in [1.82, 2.24) is 4.31 Å². The van der Waals surface area contributed by atoms with Gasteiger partial charge in [0.15, 0.2) is 0 Å². The molecule has 0 saturated carbocycles. The van der Waals surface area contributed by atoms with Crippen LogP contribution in [0, 0.1) is 0 Å². The van der Waals surface area contributed by atoms with Gasteiger partial charge in [0.25, 0.3) is 0 Å². The molecular formula is C7H13NO3S. The third-order valence-corrected chi connectivity index (χ3v) is 2.14. The van der Waals surface area contributed by atoms with E-state index < -0.39 is 0 Å². The smallest absolute Gasteiger partial charge is 0.326 e. The third kappa shape index (κ3) is 2.36. The van der Waals surface area contributed by atoms with Gasteiger partial charge in [0.2, 0.25) is 0 Å². The van der Waals surface area contributed by atoms with Gasteiger partial charge in [-0.05, 0) is 6.92 Å². The standard InChI is InChI=1S/C7H13NO3S/c1-2-11-7(9)6-5-10-4-3-8(6)12/h6,12H,2-5H2,1H3/t6-/m1/s1. The molecule has 12 heavy (non-hydrogen) atoms. The SMILES string of the molecule is CCOC(=O)[C@H]1COCCN1S. The first-order valence-electron chi connectivity index (χ1n) is 3.95. The van der Waals surface area contributed by atoms with Gasteiger partial charge in [0.1, 0.15) is 6.04 Å². The molecule has 1 rings (SSSR count). The molecule has 0 N–H and O–H groups in total. The van der Waals surface area contributed by atoms with E-state index in [2.05, 4.69) is 12.8 Å². The number of thiol groups is 1. The summed E-state index contributed by atoms with van der Waals surface area (Å²) in [5, 5.41) is 0. The molecule has 1 fully saturated rings. The summed E-state index contributed by atoms with van der Waals surface area (Å²) in [5.41, 5.74) is 0. The second kappa shape index (κ2) is 4.69. The highest BCUT2D eigenvalue weighted by molar-refractivity contribution is 7.77.